The number of nitrogens with one attached hydrogen (secondary N) is 1. The SMILES string of the molecule is COCC(=O)O[C@@H](C)c1nc2sc3c(c2c(=O)[nH]1)CC[C@H](C)C3. The van der Waals surface area contributed by atoms with Crippen molar-refractivity contribution >= 4 is 27.5 Å². The van der Waals surface area contributed by atoms with Crippen LogP contribution in [0.1, 0.15) is 42.6 Å². The largest absolute Gasteiger partial charge is 0.453 e. The molecule has 0 aliphatic heterocycles. The summed E-state index contributed by atoms with van der Waals surface area (Å²) >= 11 is 1.58. The van der Waals surface area contributed by atoms with E-state index in [0.29, 0.717) is 17.1 Å². The first-order chi connectivity index (χ1) is 11.0. The van der Waals surface area contributed by atoms with E-state index in [1.807, 2.05) is 0 Å². The summed E-state index contributed by atoms with van der Waals surface area (Å²) in [5.74, 6) is 0.531. The molecule has 1 aliphatic carbocycles. The van der Waals surface area contributed by atoms with Gasteiger partial charge in [-0.15, -0.1) is 11.3 Å². The number of aryl methyl sites for hydroxylation is 1. The average molecular weight is 336 g/mol. The lowest BCUT2D eigenvalue weighted by Gasteiger charge is -2.17. The van der Waals surface area contributed by atoms with Crippen LogP contribution in [-0.2, 0) is 27.1 Å². The zero-order chi connectivity index (χ0) is 16.6. The Morgan fingerprint density at radius 3 is 3.04 bits per heavy atom. The van der Waals surface area contributed by atoms with Crippen LogP contribution >= 0.6 is 11.3 Å². The molecule has 7 heteroatoms. The molecule has 0 unspecified atom stereocenters. The van der Waals surface area contributed by atoms with Crippen LogP contribution in [-0.4, -0.2) is 29.7 Å². The van der Waals surface area contributed by atoms with Crippen molar-refractivity contribution in [3.63, 3.8) is 0 Å². The molecule has 0 bridgehead atoms. The molecule has 2 aromatic heterocycles. The lowest BCUT2D eigenvalue weighted by molar-refractivity contribution is -0.153. The number of fused-ring (bicyclic) bond motifs is 3. The van der Waals surface area contributed by atoms with Gasteiger partial charge >= 0.3 is 5.97 Å². The van der Waals surface area contributed by atoms with Crippen LogP contribution in [0, 0.1) is 5.92 Å². The number of carbonyl (C=O) groups is 1. The molecule has 2 atom stereocenters. The monoisotopic (exact) mass is 336 g/mol. The van der Waals surface area contributed by atoms with Crippen LogP contribution in [0.3, 0.4) is 0 Å². The summed E-state index contributed by atoms with van der Waals surface area (Å²) in [6, 6.07) is 0. The van der Waals surface area contributed by atoms with Crippen molar-refractivity contribution in [2.24, 2.45) is 5.92 Å². The Labute approximate surface area is 137 Å². The van der Waals surface area contributed by atoms with Crippen LogP contribution in [0.25, 0.3) is 10.2 Å². The number of thiophene rings is 1. The topological polar surface area (TPSA) is 81.3 Å². The van der Waals surface area contributed by atoms with Gasteiger partial charge in [0.2, 0.25) is 0 Å². The predicted molar refractivity (Wildman–Crippen MR) is 87.8 cm³/mol. The molecule has 0 aromatic carbocycles. The zero-order valence-electron chi connectivity index (χ0n) is 13.5. The number of aromatic nitrogens is 2. The summed E-state index contributed by atoms with van der Waals surface area (Å²) in [6.07, 6.45) is 2.42. The van der Waals surface area contributed by atoms with E-state index in [4.69, 9.17) is 9.47 Å². The highest BCUT2D eigenvalue weighted by Gasteiger charge is 2.24. The van der Waals surface area contributed by atoms with Crippen molar-refractivity contribution in [3.05, 3.63) is 26.6 Å². The van der Waals surface area contributed by atoms with Gasteiger partial charge in [0.15, 0.2) is 11.9 Å². The molecule has 0 saturated carbocycles. The summed E-state index contributed by atoms with van der Waals surface area (Å²) in [4.78, 5) is 33.3. The molecule has 1 aliphatic rings. The Balaban J connectivity index is 1.95. The number of aromatic amines is 1. The average Bonchev–Trinajstić information content (AvgIpc) is 2.84. The van der Waals surface area contributed by atoms with Crippen molar-refractivity contribution in [2.45, 2.75) is 39.2 Å². The van der Waals surface area contributed by atoms with Crippen LogP contribution in [0.15, 0.2) is 4.79 Å². The number of hydrogen-bond donors (Lipinski definition) is 1. The van der Waals surface area contributed by atoms with Gasteiger partial charge in [0, 0.05) is 12.0 Å². The van der Waals surface area contributed by atoms with Gasteiger partial charge in [-0.05, 0) is 37.7 Å². The number of H-pyrrole nitrogens is 1. The van der Waals surface area contributed by atoms with Crippen LogP contribution in [0.5, 0.6) is 0 Å². The fraction of sp³-hybridized carbons (Fsp3) is 0.562. The van der Waals surface area contributed by atoms with E-state index < -0.39 is 12.1 Å². The minimum Gasteiger partial charge on any atom is -0.453 e. The third-order valence-electron chi connectivity index (χ3n) is 4.14. The molecule has 124 valence electrons. The highest BCUT2D eigenvalue weighted by molar-refractivity contribution is 7.18. The molecule has 3 rings (SSSR count). The van der Waals surface area contributed by atoms with E-state index in [-0.39, 0.29) is 12.2 Å². The Kier molecular flexibility index (Phi) is 4.50. The number of carbonyl (C=O) groups excluding carboxylic acids is 1. The molecule has 1 N–H and O–H groups in total. The van der Waals surface area contributed by atoms with Gasteiger partial charge in [-0.25, -0.2) is 9.78 Å². The Bertz CT molecular complexity index is 795. The number of nitrogens with zero attached hydrogens (tertiary/aromatic N) is 1. The summed E-state index contributed by atoms with van der Waals surface area (Å²) < 4.78 is 9.94. The van der Waals surface area contributed by atoms with Gasteiger partial charge in [0.1, 0.15) is 11.4 Å². The quantitative estimate of drug-likeness (QED) is 0.867. The smallest absolute Gasteiger partial charge is 0.332 e. The third kappa shape index (κ3) is 3.16. The second kappa shape index (κ2) is 6.41. The first kappa shape index (κ1) is 16.1. The van der Waals surface area contributed by atoms with E-state index >= 15 is 0 Å². The van der Waals surface area contributed by atoms with Crippen molar-refractivity contribution in [3.8, 4) is 0 Å². The van der Waals surface area contributed by atoms with Gasteiger partial charge < -0.3 is 14.5 Å². The highest BCUT2D eigenvalue weighted by Crippen LogP contribution is 2.35. The molecule has 2 aromatic rings. The number of ether oxygens (including phenoxy) is 2. The molecule has 23 heavy (non-hydrogen) atoms. The Hall–Kier alpha value is -1.73. The van der Waals surface area contributed by atoms with Crippen LogP contribution in [0.2, 0.25) is 0 Å². The first-order valence-electron chi connectivity index (χ1n) is 7.72. The van der Waals surface area contributed by atoms with E-state index in [1.54, 1.807) is 18.3 Å². The van der Waals surface area contributed by atoms with E-state index in [0.717, 1.165) is 29.7 Å². The van der Waals surface area contributed by atoms with Crippen molar-refractivity contribution in [2.75, 3.05) is 13.7 Å². The van der Waals surface area contributed by atoms with Gasteiger partial charge in [-0.2, -0.15) is 0 Å². The van der Waals surface area contributed by atoms with Crippen molar-refractivity contribution in [1.29, 1.82) is 0 Å². The fourth-order valence-corrected chi connectivity index (χ4v) is 4.35. The lowest BCUT2D eigenvalue weighted by Crippen LogP contribution is -2.19. The zero-order valence-corrected chi connectivity index (χ0v) is 14.3. The summed E-state index contributed by atoms with van der Waals surface area (Å²) in [5.41, 5.74) is 0.999. The Morgan fingerprint density at radius 1 is 1.52 bits per heavy atom. The molecule has 0 spiro atoms. The predicted octanol–water partition coefficient (Wildman–Crippen LogP) is 2.36. The van der Waals surface area contributed by atoms with Gasteiger partial charge in [-0.3, -0.25) is 4.79 Å². The van der Waals surface area contributed by atoms with Crippen LogP contribution in [0.4, 0.5) is 0 Å². The molecule has 0 radical (unpaired) electrons. The molecule has 6 nitrogen and oxygen atoms in total. The summed E-state index contributed by atoms with van der Waals surface area (Å²) in [6.45, 7) is 3.79. The number of methoxy groups -OCH3 is 1. The number of rotatable bonds is 4. The summed E-state index contributed by atoms with van der Waals surface area (Å²) in [5, 5.41) is 0.705. The highest BCUT2D eigenvalue weighted by atomic mass is 32.1. The van der Waals surface area contributed by atoms with E-state index in [1.165, 1.54) is 12.0 Å². The second-order valence-electron chi connectivity index (χ2n) is 6.05. The summed E-state index contributed by atoms with van der Waals surface area (Å²) in [7, 11) is 1.43. The Morgan fingerprint density at radius 2 is 2.30 bits per heavy atom. The molecular formula is C16H20N2O4S. The van der Waals surface area contributed by atoms with Gasteiger partial charge in [0.05, 0.1) is 5.39 Å². The maximum Gasteiger partial charge on any atom is 0.332 e. The van der Waals surface area contributed by atoms with Crippen molar-refractivity contribution < 1.29 is 14.3 Å². The molecule has 0 amide bonds. The number of hydrogen-bond acceptors (Lipinski definition) is 6. The molecule has 2 heterocycles. The van der Waals surface area contributed by atoms with Gasteiger partial charge in [0.25, 0.3) is 5.56 Å². The normalized spacial score (nSPS) is 18.7. The van der Waals surface area contributed by atoms with Crippen molar-refractivity contribution in [1.82, 2.24) is 9.97 Å². The fourth-order valence-electron chi connectivity index (χ4n) is 2.96. The first-order valence-corrected chi connectivity index (χ1v) is 8.54. The standard InChI is InChI=1S/C16H20N2O4S/c1-8-4-5-10-11(6-8)23-16-13(10)15(20)17-14(18-16)9(2)22-12(19)7-21-3/h8-9H,4-7H2,1-3H3,(H,17,18,20)/t8-,9-/m0/s1. The van der Waals surface area contributed by atoms with E-state index in [2.05, 4.69) is 16.9 Å². The molecular weight excluding hydrogens is 316 g/mol. The maximum atomic E-state index is 12.5. The molecule has 0 fully saturated rings. The minimum atomic E-state index is -0.618. The van der Waals surface area contributed by atoms with Gasteiger partial charge in [-0.1, -0.05) is 6.92 Å². The van der Waals surface area contributed by atoms with Crippen LogP contribution < -0.4 is 5.56 Å². The maximum absolute atomic E-state index is 12.5. The second-order valence-corrected chi connectivity index (χ2v) is 7.13. The minimum absolute atomic E-state index is 0.123. The number of esters is 1. The van der Waals surface area contributed by atoms with E-state index in [9.17, 15) is 9.59 Å². The molecule has 0 saturated heterocycles. The third-order valence-corrected chi connectivity index (χ3v) is 5.29. The lowest BCUT2D eigenvalue weighted by atomic mass is 9.89.